The van der Waals surface area contributed by atoms with Crippen LogP contribution in [-0.2, 0) is 9.53 Å². The van der Waals surface area contributed by atoms with Crippen molar-refractivity contribution in [3.05, 3.63) is 22.4 Å². The lowest BCUT2D eigenvalue weighted by Crippen LogP contribution is -2.45. The molecule has 0 aromatic carbocycles. The lowest BCUT2D eigenvalue weighted by atomic mass is 10.1. The van der Waals surface area contributed by atoms with Crippen LogP contribution in [-0.4, -0.2) is 56.2 Å². The van der Waals surface area contributed by atoms with E-state index < -0.39 is 0 Å². The highest BCUT2D eigenvalue weighted by atomic mass is 32.1. The number of rotatable bonds is 6. The van der Waals surface area contributed by atoms with E-state index in [9.17, 15) is 4.79 Å². The van der Waals surface area contributed by atoms with E-state index in [-0.39, 0.29) is 11.9 Å². The largest absolute Gasteiger partial charge is 0.378 e. The molecule has 0 spiro atoms. The zero-order valence-electron chi connectivity index (χ0n) is 12.9. The van der Waals surface area contributed by atoms with Crippen LogP contribution >= 0.6 is 11.3 Å². The minimum atomic E-state index is 0.115. The highest BCUT2D eigenvalue weighted by Crippen LogP contribution is 2.27. The van der Waals surface area contributed by atoms with Crippen molar-refractivity contribution in [1.29, 1.82) is 0 Å². The van der Waals surface area contributed by atoms with E-state index in [0.717, 1.165) is 26.2 Å². The molecule has 2 N–H and O–H groups in total. The van der Waals surface area contributed by atoms with Crippen molar-refractivity contribution < 1.29 is 9.53 Å². The van der Waals surface area contributed by atoms with Gasteiger partial charge in [0.05, 0.1) is 19.3 Å². The molecule has 2 fully saturated rings. The number of amides is 1. The summed E-state index contributed by atoms with van der Waals surface area (Å²) < 4.78 is 5.40. The maximum Gasteiger partial charge on any atom is 0.221 e. The zero-order valence-corrected chi connectivity index (χ0v) is 13.7. The highest BCUT2D eigenvalue weighted by Gasteiger charge is 2.25. The molecule has 22 heavy (non-hydrogen) atoms. The number of nitrogens with zero attached hydrogens (tertiary/aromatic N) is 1. The van der Waals surface area contributed by atoms with Gasteiger partial charge in [-0.1, -0.05) is 6.07 Å². The molecule has 2 aliphatic rings. The first-order valence-electron chi connectivity index (χ1n) is 8.18. The van der Waals surface area contributed by atoms with Gasteiger partial charge in [0.2, 0.25) is 5.91 Å². The predicted molar refractivity (Wildman–Crippen MR) is 88.1 cm³/mol. The maximum absolute atomic E-state index is 12.2. The quantitative estimate of drug-likeness (QED) is 0.830. The smallest absolute Gasteiger partial charge is 0.221 e. The van der Waals surface area contributed by atoms with Crippen molar-refractivity contribution in [2.75, 3.05) is 39.4 Å². The molecule has 0 bridgehead atoms. The van der Waals surface area contributed by atoms with Crippen LogP contribution in [0.2, 0.25) is 0 Å². The molecule has 2 atom stereocenters. The summed E-state index contributed by atoms with van der Waals surface area (Å²) >= 11 is 1.78. The standard InChI is InChI=1S/C16H25N3O2S/c20-16(10-13-12-21-8-5-17-13)18-11-14(15-4-3-9-22-15)19-6-1-2-7-19/h3-4,9,13-14,17H,1-2,5-8,10-12H2,(H,18,20). The fourth-order valence-electron chi connectivity index (χ4n) is 3.20. The third-order valence-corrected chi connectivity index (χ3v) is 5.35. The Kier molecular flexibility index (Phi) is 5.83. The summed E-state index contributed by atoms with van der Waals surface area (Å²) in [6, 6.07) is 4.74. The molecule has 122 valence electrons. The monoisotopic (exact) mass is 323 g/mol. The summed E-state index contributed by atoms with van der Waals surface area (Å²) in [5.41, 5.74) is 0. The summed E-state index contributed by atoms with van der Waals surface area (Å²) in [5.74, 6) is 0.115. The molecule has 3 heterocycles. The van der Waals surface area contributed by atoms with E-state index in [4.69, 9.17) is 4.74 Å². The summed E-state index contributed by atoms with van der Waals surface area (Å²) in [6.07, 6.45) is 3.02. The molecule has 1 amide bonds. The number of carbonyl (C=O) groups excluding carboxylic acids is 1. The Balaban J connectivity index is 1.51. The van der Waals surface area contributed by atoms with E-state index in [0.29, 0.717) is 25.6 Å². The molecule has 0 saturated carbocycles. The van der Waals surface area contributed by atoms with Crippen molar-refractivity contribution in [2.45, 2.75) is 31.3 Å². The SMILES string of the molecule is O=C(CC1COCCN1)NCC(c1cccs1)N1CCCC1. The van der Waals surface area contributed by atoms with Gasteiger partial charge in [0, 0.05) is 30.4 Å². The lowest BCUT2D eigenvalue weighted by molar-refractivity contribution is -0.122. The summed E-state index contributed by atoms with van der Waals surface area (Å²) in [6.45, 7) is 5.19. The van der Waals surface area contributed by atoms with Gasteiger partial charge in [0.25, 0.3) is 0 Å². The topological polar surface area (TPSA) is 53.6 Å². The van der Waals surface area contributed by atoms with Gasteiger partial charge in [-0.2, -0.15) is 0 Å². The summed E-state index contributed by atoms with van der Waals surface area (Å²) in [5, 5.41) is 8.57. The number of likely N-dealkylation sites (tertiary alicyclic amines) is 1. The van der Waals surface area contributed by atoms with E-state index in [1.807, 2.05) is 0 Å². The fourth-order valence-corrected chi connectivity index (χ4v) is 4.06. The number of hydrogen-bond acceptors (Lipinski definition) is 5. The van der Waals surface area contributed by atoms with Gasteiger partial charge in [-0.05, 0) is 37.4 Å². The van der Waals surface area contributed by atoms with Crippen LogP contribution in [0, 0.1) is 0 Å². The van der Waals surface area contributed by atoms with Crippen LogP contribution in [0.4, 0.5) is 0 Å². The Bertz CT molecular complexity index is 454. The molecule has 0 radical (unpaired) electrons. The molecule has 3 rings (SSSR count). The number of nitrogens with one attached hydrogen (secondary N) is 2. The van der Waals surface area contributed by atoms with Gasteiger partial charge in [-0.3, -0.25) is 9.69 Å². The predicted octanol–water partition coefficient (Wildman–Crippen LogP) is 1.38. The van der Waals surface area contributed by atoms with E-state index in [1.165, 1.54) is 17.7 Å². The molecule has 6 heteroatoms. The number of morpholine rings is 1. The first-order chi connectivity index (χ1) is 10.8. The lowest BCUT2D eigenvalue weighted by Gasteiger charge is -2.28. The molecule has 5 nitrogen and oxygen atoms in total. The van der Waals surface area contributed by atoms with Crippen molar-refractivity contribution >= 4 is 17.2 Å². The van der Waals surface area contributed by atoms with Crippen molar-refractivity contribution in [3.63, 3.8) is 0 Å². The molecule has 2 unspecified atom stereocenters. The first-order valence-corrected chi connectivity index (χ1v) is 9.06. The number of carbonyl (C=O) groups is 1. The van der Waals surface area contributed by atoms with Crippen molar-refractivity contribution in [1.82, 2.24) is 15.5 Å². The van der Waals surface area contributed by atoms with Crippen LogP contribution in [0.5, 0.6) is 0 Å². The van der Waals surface area contributed by atoms with Gasteiger partial charge in [0.15, 0.2) is 0 Å². The zero-order chi connectivity index (χ0) is 15.2. The Labute approximate surface area is 136 Å². The molecule has 2 saturated heterocycles. The highest BCUT2D eigenvalue weighted by molar-refractivity contribution is 7.10. The van der Waals surface area contributed by atoms with Gasteiger partial charge in [-0.25, -0.2) is 0 Å². The minimum absolute atomic E-state index is 0.115. The molecule has 0 aliphatic carbocycles. The second-order valence-corrected chi connectivity index (χ2v) is 6.99. The second kappa shape index (κ2) is 8.06. The minimum Gasteiger partial charge on any atom is -0.378 e. The van der Waals surface area contributed by atoms with Crippen LogP contribution in [0.15, 0.2) is 17.5 Å². The van der Waals surface area contributed by atoms with Crippen molar-refractivity contribution in [2.24, 2.45) is 0 Å². The second-order valence-electron chi connectivity index (χ2n) is 6.01. The number of thiophene rings is 1. The van der Waals surface area contributed by atoms with Crippen LogP contribution < -0.4 is 10.6 Å². The normalized spacial score (nSPS) is 24.3. The third kappa shape index (κ3) is 4.29. The fraction of sp³-hybridized carbons (Fsp3) is 0.688. The molecular formula is C16H25N3O2S. The molecule has 1 aromatic heterocycles. The number of ether oxygens (including phenoxy) is 1. The van der Waals surface area contributed by atoms with E-state index in [1.54, 1.807) is 11.3 Å². The van der Waals surface area contributed by atoms with Crippen LogP contribution in [0.25, 0.3) is 0 Å². The average Bonchev–Trinajstić information content (AvgIpc) is 3.22. The summed E-state index contributed by atoms with van der Waals surface area (Å²) in [4.78, 5) is 16.0. The van der Waals surface area contributed by atoms with E-state index in [2.05, 4.69) is 33.0 Å². The molecular weight excluding hydrogens is 298 g/mol. The third-order valence-electron chi connectivity index (χ3n) is 4.38. The van der Waals surface area contributed by atoms with E-state index >= 15 is 0 Å². The Morgan fingerprint density at radius 2 is 2.36 bits per heavy atom. The maximum atomic E-state index is 12.2. The summed E-state index contributed by atoms with van der Waals surface area (Å²) in [7, 11) is 0. The molecule has 1 aromatic rings. The first kappa shape index (κ1) is 15.9. The Morgan fingerprint density at radius 1 is 1.50 bits per heavy atom. The average molecular weight is 323 g/mol. The van der Waals surface area contributed by atoms with Gasteiger partial charge < -0.3 is 15.4 Å². The van der Waals surface area contributed by atoms with Gasteiger partial charge in [0.1, 0.15) is 0 Å². The van der Waals surface area contributed by atoms with Gasteiger partial charge in [-0.15, -0.1) is 11.3 Å². The Morgan fingerprint density at radius 3 is 3.05 bits per heavy atom. The van der Waals surface area contributed by atoms with Crippen LogP contribution in [0.3, 0.4) is 0 Å². The van der Waals surface area contributed by atoms with Crippen molar-refractivity contribution in [3.8, 4) is 0 Å². The Hall–Kier alpha value is -0.950. The van der Waals surface area contributed by atoms with Gasteiger partial charge >= 0.3 is 0 Å². The number of hydrogen-bond donors (Lipinski definition) is 2. The van der Waals surface area contributed by atoms with Crippen LogP contribution in [0.1, 0.15) is 30.2 Å². The molecule has 2 aliphatic heterocycles.